The van der Waals surface area contributed by atoms with Crippen molar-refractivity contribution in [3.63, 3.8) is 0 Å². The van der Waals surface area contributed by atoms with Crippen LogP contribution < -0.4 is 5.32 Å². The average molecular weight is 274 g/mol. The summed E-state index contributed by atoms with van der Waals surface area (Å²) in [5.41, 5.74) is 0. The Labute approximate surface area is 110 Å². The standard InChI is InChI=1S/C11H18N2O4S/c1-3-4-10-13(8(6-18-10)11(16)17)9(15)5-12-7(2)14/h8,10H,3-6H2,1-2H3,(H,12,14)(H,16,17). The van der Waals surface area contributed by atoms with E-state index >= 15 is 0 Å². The van der Waals surface area contributed by atoms with Crippen LogP contribution in [0.5, 0.6) is 0 Å². The number of carbonyl (C=O) groups is 3. The van der Waals surface area contributed by atoms with E-state index in [9.17, 15) is 14.4 Å². The smallest absolute Gasteiger partial charge is 0.327 e. The van der Waals surface area contributed by atoms with E-state index in [1.807, 2.05) is 6.92 Å². The fraction of sp³-hybridized carbons (Fsp3) is 0.727. The van der Waals surface area contributed by atoms with Crippen molar-refractivity contribution in [3.05, 3.63) is 0 Å². The molecule has 0 radical (unpaired) electrons. The van der Waals surface area contributed by atoms with Crippen molar-refractivity contribution >= 4 is 29.5 Å². The predicted octanol–water partition coefficient (Wildman–Crippen LogP) is 0.277. The van der Waals surface area contributed by atoms with Crippen molar-refractivity contribution in [2.45, 2.75) is 38.1 Å². The molecule has 2 N–H and O–H groups in total. The van der Waals surface area contributed by atoms with E-state index in [0.717, 1.165) is 12.8 Å². The van der Waals surface area contributed by atoms with Crippen LogP contribution in [0.25, 0.3) is 0 Å². The molecular weight excluding hydrogens is 256 g/mol. The third-order valence-electron chi connectivity index (χ3n) is 2.69. The lowest BCUT2D eigenvalue weighted by Crippen LogP contribution is -2.49. The molecule has 7 heteroatoms. The number of carbonyl (C=O) groups excluding carboxylic acids is 2. The van der Waals surface area contributed by atoms with Crippen LogP contribution in [0.3, 0.4) is 0 Å². The molecule has 18 heavy (non-hydrogen) atoms. The molecule has 2 atom stereocenters. The number of carboxylic acids is 1. The van der Waals surface area contributed by atoms with E-state index in [1.54, 1.807) is 0 Å². The third-order valence-corrected chi connectivity index (χ3v) is 4.05. The van der Waals surface area contributed by atoms with Crippen molar-refractivity contribution in [3.8, 4) is 0 Å². The molecule has 6 nitrogen and oxygen atoms in total. The number of carboxylic acid groups (broad SMARTS) is 1. The Balaban J connectivity index is 2.72. The van der Waals surface area contributed by atoms with Crippen LogP contribution in [0.1, 0.15) is 26.7 Å². The van der Waals surface area contributed by atoms with E-state index in [-0.39, 0.29) is 23.7 Å². The maximum Gasteiger partial charge on any atom is 0.327 e. The first-order valence-corrected chi connectivity index (χ1v) is 6.92. The van der Waals surface area contributed by atoms with Gasteiger partial charge in [-0.3, -0.25) is 9.59 Å². The van der Waals surface area contributed by atoms with Gasteiger partial charge in [0.2, 0.25) is 11.8 Å². The van der Waals surface area contributed by atoms with Crippen LogP contribution in [0.4, 0.5) is 0 Å². The molecule has 0 spiro atoms. The van der Waals surface area contributed by atoms with Gasteiger partial charge >= 0.3 is 5.97 Å². The molecule has 0 aromatic rings. The Morgan fingerprint density at radius 2 is 2.11 bits per heavy atom. The number of hydrogen-bond acceptors (Lipinski definition) is 4. The number of thioether (sulfide) groups is 1. The van der Waals surface area contributed by atoms with Crippen LogP contribution >= 0.6 is 11.8 Å². The summed E-state index contributed by atoms with van der Waals surface area (Å²) < 4.78 is 0. The van der Waals surface area contributed by atoms with Crippen molar-refractivity contribution in [1.29, 1.82) is 0 Å². The summed E-state index contributed by atoms with van der Waals surface area (Å²) in [6.07, 6.45) is 1.65. The normalized spacial score (nSPS) is 22.9. The molecule has 0 bridgehead atoms. The van der Waals surface area contributed by atoms with Crippen molar-refractivity contribution < 1.29 is 19.5 Å². The highest BCUT2D eigenvalue weighted by Gasteiger charge is 2.40. The van der Waals surface area contributed by atoms with Gasteiger partial charge in [-0.15, -0.1) is 11.8 Å². The number of hydrogen-bond donors (Lipinski definition) is 2. The van der Waals surface area contributed by atoms with Gasteiger partial charge in [0.25, 0.3) is 0 Å². The first kappa shape index (κ1) is 14.8. The summed E-state index contributed by atoms with van der Waals surface area (Å²) >= 11 is 1.49. The van der Waals surface area contributed by atoms with Gasteiger partial charge in [0.05, 0.1) is 11.9 Å². The van der Waals surface area contributed by atoms with Crippen LogP contribution in [-0.4, -0.2) is 51.5 Å². The fourth-order valence-corrected chi connectivity index (χ4v) is 3.38. The molecule has 0 aromatic heterocycles. The highest BCUT2D eigenvalue weighted by atomic mass is 32.2. The second-order valence-electron chi connectivity index (χ2n) is 4.14. The Bertz CT molecular complexity index is 348. The zero-order valence-corrected chi connectivity index (χ0v) is 11.3. The number of rotatable bonds is 5. The monoisotopic (exact) mass is 274 g/mol. The lowest BCUT2D eigenvalue weighted by atomic mass is 10.2. The SMILES string of the molecule is CCCC1SCC(C(=O)O)N1C(=O)CNC(C)=O. The summed E-state index contributed by atoms with van der Waals surface area (Å²) in [4.78, 5) is 35.3. The van der Waals surface area contributed by atoms with Crippen LogP contribution in [0.15, 0.2) is 0 Å². The minimum atomic E-state index is -0.989. The third kappa shape index (κ3) is 3.63. The number of aliphatic carboxylic acids is 1. The molecule has 102 valence electrons. The van der Waals surface area contributed by atoms with Gasteiger partial charge in [-0.25, -0.2) is 4.79 Å². The molecule has 0 aromatic carbocycles. The number of amides is 2. The van der Waals surface area contributed by atoms with Crippen molar-refractivity contribution in [2.24, 2.45) is 0 Å². The van der Waals surface area contributed by atoms with Crippen LogP contribution in [-0.2, 0) is 14.4 Å². The Morgan fingerprint density at radius 3 is 2.61 bits per heavy atom. The zero-order valence-electron chi connectivity index (χ0n) is 10.5. The summed E-state index contributed by atoms with van der Waals surface area (Å²) in [5, 5.41) is 11.4. The van der Waals surface area contributed by atoms with E-state index < -0.39 is 12.0 Å². The van der Waals surface area contributed by atoms with E-state index in [2.05, 4.69) is 5.32 Å². The minimum absolute atomic E-state index is 0.0997. The second kappa shape index (κ2) is 6.63. The molecule has 1 aliphatic heterocycles. The summed E-state index contributed by atoms with van der Waals surface area (Å²) in [6.45, 7) is 3.18. The van der Waals surface area contributed by atoms with E-state index in [1.165, 1.54) is 23.6 Å². The molecule has 2 unspecified atom stereocenters. The maximum atomic E-state index is 12.0. The lowest BCUT2D eigenvalue weighted by Gasteiger charge is -2.27. The summed E-state index contributed by atoms with van der Waals surface area (Å²) in [5.74, 6) is -1.21. The molecule has 1 aliphatic rings. The Kier molecular flexibility index (Phi) is 5.46. The molecule has 1 fully saturated rings. The predicted molar refractivity (Wildman–Crippen MR) is 68.1 cm³/mol. The minimum Gasteiger partial charge on any atom is -0.480 e. The van der Waals surface area contributed by atoms with Gasteiger partial charge in [0, 0.05) is 12.7 Å². The van der Waals surface area contributed by atoms with Gasteiger partial charge in [0.1, 0.15) is 6.04 Å². The van der Waals surface area contributed by atoms with Crippen molar-refractivity contribution in [2.75, 3.05) is 12.3 Å². The van der Waals surface area contributed by atoms with Gasteiger partial charge in [-0.2, -0.15) is 0 Å². The van der Waals surface area contributed by atoms with E-state index in [4.69, 9.17) is 5.11 Å². The highest BCUT2D eigenvalue weighted by molar-refractivity contribution is 8.00. The van der Waals surface area contributed by atoms with Crippen LogP contribution in [0, 0.1) is 0 Å². The molecule has 0 aliphatic carbocycles. The van der Waals surface area contributed by atoms with E-state index in [0.29, 0.717) is 5.75 Å². The Hall–Kier alpha value is -1.24. The number of nitrogens with one attached hydrogen (secondary N) is 1. The molecule has 0 saturated carbocycles. The molecular formula is C11H18N2O4S. The molecule has 1 heterocycles. The average Bonchev–Trinajstić information content (AvgIpc) is 2.70. The highest BCUT2D eigenvalue weighted by Crippen LogP contribution is 2.32. The molecule has 1 saturated heterocycles. The first-order valence-electron chi connectivity index (χ1n) is 5.87. The van der Waals surface area contributed by atoms with Gasteiger partial charge in [0.15, 0.2) is 0 Å². The maximum absolute atomic E-state index is 12.0. The molecule has 2 amide bonds. The largest absolute Gasteiger partial charge is 0.480 e. The fourth-order valence-electron chi connectivity index (χ4n) is 1.85. The second-order valence-corrected chi connectivity index (χ2v) is 5.35. The zero-order chi connectivity index (χ0) is 13.7. The van der Waals surface area contributed by atoms with Crippen LogP contribution in [0.2, 0.25) is 0 Å². The van der Waals surface area contributed by atoms with Crippen molar-refractivity contribution in [1.82, 2.24) is 10.2 Å². The Morgan fingerprint density at radius 1 is 1.44 bits per heavy atom. The van der Waals surface area contributed by atoms with Gasteiger partial charge < -0.3 is 15.3 Å². The van der Waals surface area contributed by atoms with Gasteiger partial charge in [-0.05, 0) is 6.42 Å². The lowest BCUT2D eigenvalue weighted by molar-refractivity contribution is -0.148. The topological polar surface area (TPSA) is 86.7 Å². The first-order chi connectivity index (χ1) is 8.47. The summed E-state index contributed by atoms with van der Waals surface area (Å²) in [7, 11) is 0. The number of nitrogens with zero attached hydrogens (tertiary/aromatic N) is 1. The van der Waals surface area contributed by atoms with Gasteiger partial charge in [-0.1, -0.05) is 13.3 Å². The quantitative estimate of drug-likeness (QED) is 0.752. The summed E-state index contributed by atoms with van der Waals surface area (Å²) in [6, 6.07) is -0.784. The molecule has 1 rings (SSSR count).